The van der Waals surface area contributed by atoms with Gasteiger partial charge >= 0.3 is 0 Å². The maximum Gasteiger partial charge on any atom is 0.270 e. The molecule has 0 spiro atoms. The molecular formula is C15H21N5O2. The van der Waals surface area contributed by atoms with Crippen LogP contribution in [-0.2, 0) is 11.2 Å². The highest BCUT2D eigenvalue weighted by Crippen LogP contribution is 2.25. The Bertz CT molecular complexity index is 631. The summed E-state index contributed by atoms with van der Waals surface area (Å²) in [5, 5.41) is 2.82. The van der Waals surface area contributed by atoms with E-state index in [0.717, 1.165) is 30.9 Å². The molecule has 3 rings (SSSR count). The number of fused-ring (bicyclic) bond motifs is 1. The third-order valence-electron chi connectivity index (χ3n) is 4.29. The van der Waals surface area contributed by atoms with Crippen molar-refractivity contribution in [3.8, 4) is 0 Å². The molecule has 1 N–H and O–H groups in total. The van der Waals surface area contributed by atoms with Gasteiger partial charge in [-0.15, -0.1) is 0 Å². The Hall–Kier alpha value is -2.18. The van der Waals surface area contributed by atoms with Crippen LogP contribution in [0.5, 0.6) is 0 Å². The summed E-state index contributed by atoms with van der Waals surface area (Å²) in [7, 11) is 3.81. The third-order valence-corrected chi connectivity index (χ3v) is 4.29. The molecule has 1 saturated heterocycles. The van der Waals surface area contributed by atoms with Gasteiger partial charge in [0.25, 0.3) is 5.91 Å². The van der Waals surface area contributed by atoms with Crippen LogP contribution in [0.4, 0.5) is 5.82 Å². The fourth-order valence-electron chi connectivity index (χ4n) is 3.25. The fraction of sp³-hybridized carbons (Fsp3) is 0.600. The lowest BCUT2D eigenvalue weighted by atomic mass is 10.0. The maximum atomic E-state index is 12.0. The molecule has 1 aromatic heterocycles. The second kappa shape index (κ2) is 5.55. The van der Waals surface area contributed by atoms with Crippen LogP contribution in [0.3, 0.4) is 0 Å². The van der Waals surface area contributed by atoms with Gasteiger partial charge in [-0.25, -0.2) is 9.97 Å². The van der Waals surface area contributed by atoms with Crippen LogP contribution in [0, 0.1) is 12.8 Å². The lowest BCUT2D eigenvalue weighted by Gasteiger charge is -2.27. The van der Waals surface area contributed by atoms with E-state index in [2.05, 4.69) is 20.2 Å². The van der Waals surface area contributed by atoms with E-state index >= 15 is 0 Å². The van der Waals surface area contributed by atoms with Crippen molar-refractivity contribution in [2.45, 2.75) is 19.8 Å². The fourth-order valence-corrected chi connectivity index (χ4v) is 3.25. The summed E-state index contributed by atoms with van der Waals surface area (Å²) >= 11 is 0. The van der Waals surface area contributed by atoms with Crippen LogP contribution in [0.25, 0.3) is 0 Å². The van der Waals surface area contributed by atoms with Crippen molar-refractivity contribution < 1.29 is 9.59 Å². The molecule has 1 unspecified atom stereocenters. The highest BCUT2D eigenvalue weighted by Gasteiger charge is 2.30. The van der Waals surface area contributed by atoms with Crippen LogP contribution in [-0.4, -0.2) is 60.4 Å². The molecule has 1 atom stereocenters. The normalized spacial score (nSPS) is 20.9. The van der Waals surface area contributed by atoms with Gasteiger partial charge in [-0.05, 0) is 13.3 Å². The smallest absolute Gasteiger partial charge is 0.270 e. The first-order chi connectivity index (χ1) is 10.5. The first-order valence-electron chi connectivity index (χ1n) is 7.56. The number of aryl methyl sites for hydroxylation is 1. The molecule has 22 heavy (non-hydrogen) atoms. The van der Waals surface area contributed by atoms with Gasteiger partial charge in [0.1, 0.15) is 17.3 Å². The van der Waals surface area contributed by atoms with Crippen LogP contribution in [0.1, 0.15) is 28.3 Å². The number of anilines is 1. The summed E-state index contributed by atoms with van der Waals surface area (Å²) < 4.78 is 0. The van der Waals surface area contributed by atoms with Gasteiger partial charge in [0, 0.05) is 51.6 Å². The molecule has 118 valence electrons. The zero-order chi connectivity index (χ0) is 15.9. The number of rotatable bonds is 3. The lowest BCUT2D eigenvalue weighted by Crippen LogP contribution is -2.36. The molecule has 7 nitrogen and oxygen atoms in total. The number of hydrogen-bond acceptors (Lipinski definition) is 5. The summed E-state index contributed by atoms with van der Waals surface area (Å²) in [5.41, 5.74) is 1.40. The van der Waals surface area contributed by atoms with Crippen LogP contribution in [0.2, 0.25) is 0 Å². The first kappa shape index (κ1) is 14.7. The zero-order valence-corrected chi connectivity index (χ0v) is 13.2. The number of likely N-dealkylation sites (tertiary alicyclic amines) is 1. The zero-order valence-electron chi connectivity index (χ0n) is 13.2. The predicted octanol–water partition coefficient (Wildman–Crippen LogP) is -0.0146. The Kier molecular flexibility index (Phi) is 3.72. The molecule has 3 heterocycles. The Morgan fingerprint density at radius 3 is 2.82 bits per heavy atom. The standard InChI is InChI=1S/C15H21N5O2/c1-9-17-13-11(4-5-16-15(13)22)14(18-9)20(3)8-10-6-12(21)19(2)7-10/h10H,4-8H2,1-3H3,(H,16,22). The summed E-state index contributed by atoms with van der Waals surface area (Å²) in [6.07, 6.45) is 1.32. The summed E-state index contributed by atoms with van der Waals surface area (Å²) in [5.74, 6) is 1.78. The molecule has 0 saturated carbocycles. The van der Waals surface area contributed by atoms with E-state index in [4.69, 9.17) is 0 Å². The minimum absolute atomic E-state index is 0.128. The molecule has 2 amide bonds. The second-order valence-corrected chi connectivity index (χ2v) is 6.15. The number of carbonyl (C=O) groups excluding carboxylic acids is 2. The van der Waals surface area contributed by atoms with Crippen LogP contribution < -0.4 is 10.2 Å². The Morgan fingerprint density at radius 1 is 1.36 bits per heavy atom. The molecule has 2 aliphatic heterocycles. The second-order valence-electron chi connectivity index (χ2n) is 6.15. The maximum absolute atomic E-state index is 12.0. The van der Waals surface area contributed by atoms with Gasteiger partial charge in [0.2, 0.25) is 5.91 Å². The third kappa shape index (κ3) is 2.63. The molecule has 1 aromatic rings. The van der Waals surface area contributed by atoms with E-state index in [9.17, 15) is 9.59 Å². The van der Waals surface area contributed by atoms with Crippen LogP contribution in [0.15, 0.2) is 0 Å². The molecule has 0 radical (unpaired) electrons. The van der Waals surface area contributed by atoms with E-state index in [1.54, 1.807) is 11.8 Å². The summed E-state index contributed by atoms with van der Waals surface area (Å²) in [4.78, 5) is 36.3. The van der Waals surface area contributed by atoms with Crippen molar-refractivity contribution >= 4 is 17.6 Å². The van der Waals surface area contributed by atoms with E-state index in [0.29, 0.717) is 30.4 Å². The van der Waals surface area contributed by atoms with Crippen molar-refractivity contribution in [1.82, 2.24) is 20.2 Å². The molecule has 1 fully saturated rings. The summed E-state index contributed by atoms with van der Waals surface area (Å²) in [6, 6.07) is 0. The number of nitrogens with one attached hydrogen (secondary N) is 1. The van der Waals surface area contributed by atoms with E-state index in [1.165, 1.54) is 0 Å². The predicted molar refractivity (Wildman–Crippen MR) is 81.8 cm³/mol. The molecule has 7 heteroatoms. The van der Waals surface area contributed by atoms with E-state index < -0.39 is 0 Å². The van der Waals surface area contributed by atoms with E-state index in [1.807, 2.05) is 14.1 Å². The Morgan fingerprint density at radius 2 is 2.14 bits per heavy atom. The topological polar surface area (TPSA) is 78.4 Å². The minimum atomic E-state index is -0.128. The Labute approximate surface area is 129 Å². The highest BCUT2D eigenvalue weighted by molar-refractivity contribution is 5.96. The Balaban J connectivity index is 1.85. The van der Waals surface area contributed by atoms with Gasteiger partial charge in [-0.3, -0.25) is 9.59 Å². The van der Waals surface area contributed by atoms with Gasteiger partial charge in [0.15, 0.2) is 0 Å². The van der Waals surface area contributed by atoms with Crippen molar-refractivity contribution in [1.29, 1.82) is 0 Å². The quantitative estimate of drug-likeness (QED) is 0.849. The van der Waals surface area contributed by atoms with Gasteiger partial charge in [0.05, 0.1) is 0 Å². The first-order valence-corrected chi connectivity index (χ1v) is 7.56. The van der Waals surface area contributed by atoms with E-state index in [-0.39, 0.29) is 11.8 Å². The van der Waals surface area contributed by atoms with Crippen molar-refractivity contribution in [2.24, 2.45) is 5.92 Å². The van der Waals surface area contributed by atoms with Gasteiger partial charge < -0.3 is 15.1 Å². The number of amides is 2. The number of carbonyl (C=O) groups is 2. The molecular weight excluding hydrogens is 282 g/mol. The minimum Gasteiger partial charge on any atom is -0.359 e. The van der Waals surface area contributed by atoms with Crippen molar-refractivity contribution in [2.75, 3.05) is 38.6 Å². The lowest BCUT2D eigenvalue weighted by molar-refractivity contribution is -0.126. The molecule has 2 aliphatic rings. The SMILES string of the molecule is Cc1nc2c(c(N(C)CC3CC(=O)N(C)C3)n1)CCNC2=O. The van der Waals surface area contributed by atoms with Crippen LogP contribution >= 0.6 is 0 Å². The number of aromatic nitrogens is 2. The monoisotopic (exact) mass is 303 g/mol. The number of hydrogen-bond donors (Lipinski definition) is 1. The largest absolute Gasteiger partial charge is 0.359 e. The average Bonchev–Trinajstić information content (AvgIpc) is 2.77. The molecule has 0 bridgehead atoms. The average molecular weight is 303 g/mol. The molecule has 0 aliphatic carbocycles. The highest BCUT2D eigenvalue weighted by atomic mass is 16.2. The number of nitrogens with zero attached hydrogens (tertiary/aromatic N) is 4. The summed E-state index contributed by atoms with van der Waals surface area (Å²) in [6.45, 7) is 3.94. The van der Waals surface area contributed by atoms with Crippen molar-refractivity contribution in [3.63, 3.8) is 0 Å². The van der Waals surface area contributed by atoms with Gasteiger partial charge in [-0.1, -0.05) is 0 Å². The molecule has 0 aromatic carbocycles. The van der Waals surface area contributed by atoms with Gasteiger partial charge in [-0.2, -0.15) is 0 Å². The van der Waals surface area contributed by atoms with Crippen molar-refractivity contribution in [3.05, 3.63) is 17.1 Å².